The number of nitrogens with zero attached hydrogens (tertiary/aromatic N) is 8. The van der Waals surface area contributed by atoms with Crippen LogP contribution in [0, 0.1) is 0 Å². The molecule has 0 bridgehead atoms. The zero-order valence-corrected chi connectivity index (χ0v) is 19.9. The molecule has 5 heterocycles. The second-order valence-corrected chi connectivity index (χ2v) is 9.78. The number of rotatable bonds is 5. The Morgan fingerprint density at radius 2 is 1.79 bits per heavy atom. The second-order valence-electron chi connectivity index (χ2n) is 8.06. The van der Waals surface area contributed by atoms with Gasteiger partial charge in [-0.3, -0.25) is 9.30 Å². The lowest BCUT2D eigenvalue weighted by molar-refractivity contribution is 0.122. The lowest BCUT2D eigenvalue weighted by atomic mass is 10.2. The molecule has 3 aromatic rings. The number of nitrogens with two attached hydrogens (primary N) is 1. The van der Waals surface area contributed by atoms with Gasteiger partial charge in [0.25, 0.3) is 0 Å². The molecule has 3 aromatic heterocycles. The van der Waals surface area contributed by atoms with Crippen molar-refractivity contribution in [3.05, 3.63) is 29.4 Å². The molecule has 0 saturated carbocycles. The molecule has 0 aromatic carbocycles. The number of anilines is 2. The molecule has 2 fully saturated rings. The maximum absolute atomic E-state index is 11.7. The van der Waals surface area contributed by atoms with E-state index in [2.05, 4.69) is 19.8 Å². The van der Waals surface area contributed by atoms with Gasteiger partial charge in [-0.05, 0) is 0 Å². The number of aromatic nitrogens is 5. The van der Waals surface area contributed by atoms with Crippen LogP contribution in [0.3, 0.4) is 0 Å². The van der Waals surface area contributed by atoms with Crippen LogP contribution >= 0.6 is 11.6 Å². The predicted octanol–water partition coefficient (Wildman–Crippen LogP) is 0.670. The number of hydrogen-bond acceptors (Lipinski definition) is 9. The van der Waals surface area contributed by atoms with Crippen LogP contribution in [0.5, 0.6) is 0 Å². The summed E-state index contributed by atoms with van der Waals surface area (Å²) < 4.78 is 21.1. The summed E-state index contributed by atoms with van der Waals surface area (Å²) in [7, 11) is -0.930. The van der Waals surface area contributed by atoms with Crippen LogP contribution in [0.4, 0.5) is 11.8 Å². The Morgan fingerprint density at radius 3 is 2.45 bits per heavy atom. The molecule has 1 atom stereocenters. The van der Waals surface area contributed by atoms with Crippen LogP contribution in [0.2, 0.25) is 5.15 Å². The molecule has 0 aliphatic carbocycles. The molecule has 33 heavy (non-hydrogen) atoms. The Balaban J connectivity index is 1.51. The van der Waals surface area contributed by atoms with E-state index in [0.29, 0.717) is 41.8 Å². The van der Waals surface area contributed by atoms with Gasteiger partial charge < -0.3 is 15.4 Å². The maximum atomic E-state index is 11.7. The molecule has 2 aliphatic heterocycles. The van der Waals surface area contributed by atoms with E-state index in [9.17, 15) is 4.21 Å². The van der Waals surface area contributed by atoms with Gasteiger partial charge in [0.15, 0.2) is 11.5 Å². The summed E-state index contributed by atoms with van der Waals surface area (Å²) in [6.45, 7) is 6.62. The van der Waals surface area contributed by atoms with Crippen molar-refractivity contribution in [1.82, 2.24) is 33.5 Å². The number of nitrogen functional groups attached to an aromatic ring is 1. The largest absolute Gasteiger partial charge is 0.378 e. The molecule has 2 aliphatic rings. The molecule has 1 unspecified atom stereocenters. The fourth-order valence-corrected chi connectivity index (χ4v) is 5.09. The van der Waals surface area contributed by atoms with E-state index in [1.165, 1.54) is 0 Å². The monoisotopic (exact) mass is 491 g/mol. The Bertz CT molecular complexity index is 1160. The molecule has 2 saturated heterocycles. The summed E-state index contributed by atoms with van der Waals surface area (Å²) in [5.74, 6) is 0.952. The third kappa shape index (κ3) is 4.66. The smallest absolute Gasteiger partial charge is 0.219 e. The van der Waals surface area contributed by atoms with Gasteiger partial charge >= 0.3 is 0 Å². The van der Waals surface area contributed by atoms with Crippen molar-refractivity contribution in [1.29, 1.82) is 0 Å². The highest BCUT2D eigenvalue weighted by Gasteiger charge is 2.24. The fourth-order valence-electron chi connectivity index (χ4n) is 4.13. The van der Waals surface area contributed by atoms with E-state index in [-0.39, 0.29) is 5.95 Å². The third-order valence-electron chi connectivity index (χ3n) is 5.92. The SMILES string of the molecule is CS(=O)N1CCN(Cc2cn3c(Cl)c(-c4cnc(N)nc4)nc(N4CCOCC4)c3n2)CC1. The van der Waals surface area contributed by atoms with Crippen molar-refractivity contribution >= 4 is 40.0 Å². The van der Waals surface area contributed by atoms with Gasteiger partial charge in [-0.1, -0.05) is 11.6 Å². The Hall–Kier alpha value is -2.38. The van der Waals surface area contributed by atoms with Gasteiger partial charge in [0.05, 0.1) is 29.9 Å². The minimum absolute atomic E-state index is 0.196. The standard InChI is InChI=1S/C20H26ClN9O2S/c1-33(31)29-4-2-27(3-5-29)12-15-13-30-17(21)16(14-10-23-20(22)24-11-14)26-18(19(30)25-15)28-6-8-32-9-7-28/h10-11,13H,2-9,12H2,1H3,(H2,22,23,24). The van der Waals surface area contributed by atoms with Gasteiger partial charge in [-0.15, -0.1) is 0 Å². The summed E-state index contributed by atoms with van der Waals surface area (Å²) in [5, 5.41) is 0.445. The van der Waals surface area contributed by atoms with E-state index in [1.807, 2.05) is 14.9 Å². The second kappa shape index (κ2) is 9.47. The van der Waals surface area contributed by atoms with Gasteiger partial charge in [0.2, 0.25) is 5.95 Å². The first-order chi connectivity index (χ1) is 16.0. The fraction of sp³-hybridized carbons (Fsp3) is 0.500. The Kier molecular flexibility index (Phi) is 6.43. The summed E-state index contributed by atoms with van der Waals surface area (Å²) in [4.78, 5) is 22.5. The Morgan fingerprint density at radius 1 is 1.09 bits per heavy atom. The number of fused-ring (bicyclic) bond motifs is 1. The third-order valence-corrected chi connectivity index (χ3v) is 7.37. The molecule has 0 spiro atoms. The highest BCUT2D eigenvalue weighted by atomic mass is 35.5. The lowest BCUT2D eigenvalue weighted by Crippen LogP contribution is -2.46. The number of ether oxygens (including phenoxy) is 1. The van der Waals surface area contributed by atoms with Crippen LogP contribution in [0.25, 0.3) is 16.9 Å². The number of imidazole rings is 1. The highest BCUT2D eigenvalue weighted by Crippen LogP contribution is 2.32. The maximum Gasteiger partial charge on any atom is 0.219 e. The predicted molar refractivity (Wildman–Crippen MR) is 127 cm³/mol. The van der Waals surface area contributed by atoms with E-state index < -0.39 is 11.0 Å². The topological polar surface area (TPSA) is 118 Å². The number of morpholine rings is 1. The summed E-state index contributed by atoms with van der Waals surface area (Å²) >= 11 is 6.81. The summed E-state index contributed by atoms with van der Waals surface area (Å²) in [6, 6.07) is 0. The highest BCUT2D eigenvalue weighted by molar-refractivity contribution is 7.81. The molecule has 13 heteroatoms. The number of piperazine rings is 1. The van der Waals surface area contributed by atoms with Crippen LogP contribution in [-0.2, 0) is 22.3 Å². The number of halogens is 1. The average Bonchev–Trinajstić information content (AvgIpc) is 3.25. The normalized spacial score (nSPS) is 19.3. The molecular weight excluding hydrogens is 466 g/mol. The minimum atomic E-state index is -0.930. The van der Waals surface area contributed by atoms with Gasteiger partial charge in [0.1, 0.15) is 10.8 Å². The van der Waals surface area contributed by atoms with Gasteiger partial charge in [-0.25, -0.2) is 28.5 Å². The van der Waals surface area contributed by atoms with Crippen molar-refractivity contribution in [2.75, 3.05) is 69.4 Å². The van der Waals surface area contributed by atoms with E-state index in [4.69, 9.17) is 32.0 Å². The van der Waals surface area contributed by atoms with E-state index in [1.54, 1.807) is 18.6 Å². The van der Waals surface area contributed by atoms with Crippen molar-refractivity contribution in [2.45, 2.75) is 6.54 Å². The van der Waals surface area contributed by atoms with Crippen molar-refractivity contribution < 1.29 is 8.95 Å². The molecule has 11 nitrogen and oxygen atoms in total. The van der Waals surface area contributed by atoms with Crippen LogP contribution < -0.4 is 10.6 Å². The van der Waals surface area contributed by atoms with Gasteiger partial charge in [-0.2, -0.15) is 0 Å². The van der Waals surface area contributed by atoms with Crippen LogP contribution in [0.15, 0.2) is 18.6 Å². The molecule has 0 amide bonds. The zero-order valence-electron chi connectivity index (χ0n) is 18.4. The van der Waals surface area contributed by atoms with Crippen molar-refractivity contribution in [3.63, 3.8) is 0 Å². The van der Waals surface area contributed by atoms with Crippen LogP contribution in [-0.4, -0.2) is 96.5 Å². The van der Waals surface area contributed by atoms with Gasteiger partial charge in [0, 0.05) is 76.2 Å². The van der Waals surface area contributed by atoms with Crippen molar-refractivity contribution in [2.24, 2.45) is 0 Å². The van der Waals surface area contributed by atoms with E-state index in [0.717, 1.165) is 50.8 Å². The van der Waals surface area contributed by atoms with Crippen LogP contribution in [0.1, 0.15) is 5.69 Å². The minimum Gasteiger partial charge on any atom is -0.378 e. The molecule has 2 N–H and O–H groups in total. The summed E-state index contributed by atoms with van der Waals surface area (Å²) in [6.07, 6.45) is 6.94. The first-order valence-electron chi connectivity index (χ1n) is 10.8. The first-order valence-corrected chi connectivity index (χ1v) is 12.7. The van der Waals surface area contributed by atoms with Crippen molar-refractivity contribution in [3.8, 4) is 11.3 Å². The molecule has 5 rings (SSSR count). The first kappa shape index (κ1) is 22.4. The zero-order chi connectivity index (χ0) is 22.9. The molecular formula is C20H26ClN9O2S. The average molecular weight is 492 g/mol. The Labute approximate surface area is 199 Å². The number of hydrogen-bond donors (Lipinski definition) is 1. The lowest BCUT2D eigenvalue weighted by Gasteiger charge is -2.32. The van der Waals surface area contributed by atoms with E-state index >= 15 is 0 Å². The quantitative estimate of drug-likeness (QED) is 0.549. The summed E-state index contributed by atoms with van der Waals surface area (Å²) in [5.41, 5.74) is 8.54. The molecule has 176 valence electrons. The molecule has 0 radical (unpaired) electrons.